The summed E-state index contributed by atoms with van der Waals surface area (Å²) in [5, 5.41) is 13.6. The summed E-state index contributed by atoms with van der Waals surface area (Å²) in [5.74, 6) is 2.19. The standard InChI is InChI=1S/C13H15N3O3/c1-3-8-14-9-13(17)15(2)10-11-6-4-5-7-12(11)16(18)19/h1,4-7,14H,8-10H2,2H3. The maximum absolute atomic E-state index is 11.7. The van der Waals surface area contributed by atoms with Crippen LogP contribution in [0, 0.1) is 22.5 Å². The van der Waals surface area contributed by atoms with Crippen LogP contribution in [0.15, 0.2) is 24.3 Å². The van der Waals surface area contributed by atoms with Crippen LogP contribution in [0.5, 0.6) is 0 Å². The summed E-state index contributed by atoms with van der Waals surface area (Å²) in [5.41, 5.74) is 0.513. The van der Waals surface area contributed by atoms with E-state index < -0.39 is 4.92 Å². The van der Waals surface area contributed by atoms with Gasteiger partial charge in [-0.25, -0.2) is 0 Å². The van der Waals surface area contributed by atoms with Crippen molar-refractivity contribution in [2.75, 3.05) is 20.1 Å². The summed E-state index contributed by atoms with van der Waals surface area (Å²) in [7, 11) is 1.59. The lowest BCUT2D eigenvalue weighted by Gasteiger charge is -2.17. The zero-order valence-corrected chi connectivity index (χ0v) is 10.6. The van der Waals surface area contributed by atoms with Crippen LogP contribution in [0.3, 0.4) is 0 Å². The first kappa shape index (κ1) is 14.7. The number of terminal acetylenes is 1. The molecule has 1 amide bonds. The Labute approximate surface area is 111 Å². The van der Waals surface area contributed by atoms with Crippen molar-refractivity contribution in [2.24, 2.45) is 0 Å². The first-order valence-corrected chi connectivity index (χ1v) is 5.66. The van der Waals surface area contributed by atoms with Crippen molar-refractivity contribution in [3.8, 4) is 12.3 Å². The number of rotatable bonds is 6. The molecule has 6 nitrogen and oxygen atoms in total. The van der Waals surface area contributed by atoms with Crippen LogP contribution in [0.25, 0.3) is 0 Å². The first-order valence-electron chi connectivity index (χ1n) is 5.66. The number of nitro benzene ring substituents is 1. The Hall–Kier alpha value is -2.39. The van der Waals surface area contributed by atoms with E-state index in [4.69, 9.17) is 6.42 Å². The van der Waals surface area contributed by atoms with E-state index in [0.717, 1.165) is 0 Å². The molecule has 0 unspecified atom stereocenters. The van der Waals surface area contributed by atoms with Crippen molar-refractivity contribution in [1.82, 2.24) is 10.2 Å². The summed E-state index contributed by atoms with van der Waals surface area (Å²) in [4.78, 5) is 23.5. The number of carbonyl (C=O) groups is 1. The molecule has 0 aromatic heterocycles. The summed E-state index contributed by atoms with van der Waals surface area (Å²) >= 11 is 0. The van der Waals surface area contributed by atoms with E-state index in [9.17, 15) is 14.9 Å². The fraction of sp³-hybridized carbons (Fsp3) is 0.308. The van der Waals surface area contributed by atoms with Gasteiger partial charge in [0.05, 0.1) is 24.6 Å². The molecule has 1 aromatic rings. The molecule has 0 heterocycles. The smallest absolute Gasteiger partial charge is 0.274 e. The second kappa shape index (κ2) is 7.13. The lowest BCUT2D eigenvalue weighted by Crippen LogP contribution is -2.35. The van der Waals surface area contributed by atoms with Crippen LogP contribution >= 0.6 is 0 Å². The number of carbonyl (C=O) groups excluding carboxylic acids is 1. The van der Waals surface area contributed by atoms with Gasteiger partial charge in [-0.3, -0.25) is 20.2 Å². The average molecular weight is 261 g/mol. The summed E-state index contributed by atoms with van der Waals surface area (Å²) in [6.07, 6.45) is 5.06. The lowest BCUT2D eigenvalue weighted by molar-refractivity contribution is -0.385. The SMILES string of the molecule is C#CCNCC(=O)N(C)Cc1ccccc1[N+](=O)[O-]. The monoisotopic (exact) mass is 261 g/mol. The Balaban J connectivity index is 2.67. The van der Waals surface area contributed by atoms with E-state index >= 15 is 0 Å². The first-order chi connectivity index (χ1) is 9.06. The van der Waals surface area contributed by atoms with E-state index in [0.29, 0.717) is 12.1 Å². The van der Waals surface area contributed by atoms with E-state index in [-0.39, 0.29) is 24.7 Å². The zero-order chi connectivity index (χ0) is 14.3. The van der Waals surface area contributed by atoms with Crippen LogP contribution < -0.4 is 5.32 Å². The summed E-state index contributed by atoms with van der Waals surface area (Å²) in [6, 6.07) is 6.36. The summed E-state index contributed by atoms with van der Waals surface area (Å²) in [6.45, 7) is 0.611. The van der Waals surface area contributed by atoms with Crippen molar-refractivity contribution in [1.29, 1.82) is 0 Å². The van der Waals surface area contributed by atoms with Gasteiger partial charge in [0, 0.05) is 18.7 Å². The van der Waals surface area contributed by atoms with E-state index in [1.807, 2.05) is 0 Å². The molecule has 1 aromatic carbocycles. The Morgan fingerprint density at radius 2 is 2.21 bits per heavy atom. The maximum atomic E-state index is 11.7. The Bertz CT molecular complexity index is 508. The van der Waals surface area contributed by atoms with Crippen LogP contribution in [-0.2, 0) is 11.3 Å². The molecular formula is C13H15N3O3. The van der Waals surface area contributed by atoms with Gasteiger partial charge >= 0.3 is 0 Å². The number of para-hydroxylation sites is 1. The quantitative estimate of drug-likeness (QED) is 0.355. The lowest BCUT2D eigenvalue weighted by atomic mass is 10.1. The van der Waals surface area contributed by atoms with Gasteiger partial charge < -0.3 is 4.90 Å². The number of hydrogen-bond donors (Lipinski definition) is 1. The average Bonchev–Trinajstić information content (AvgIpc) is 2.39. The van der Waals surface area contributed by atoms with Crippen molar-refractivity contribution in [3.05, 3.63) is 39.9 Å². The molecule has 0 saturated heterocycles. The number of likely N-dealkylation sites (N-methyl/N-ethyl adjacent to an activating group) is 1. The maximum Gasteiger partial charge on any atom is 0.274 e. The predicted molar refractivity (Wildman–Crippen MR) is 71.3 cm³/mol. The number of nitrogens with zero attached hydrogens (tertiary/aromatic N) is 2. The molecule has 0 aliphatic heterocycles. The third-order valence-corrected chi connectivity index (χ3v) is 2.52. The Morgan fingerprint density at radius 3 is 2.84 bits per heavy atom. The number of nitrogens with one attached hydrogen (secondary N) is 1. The number of benzene rings is 1. The third-order valence-electron chi connectivity index (χ3n) is 2.52. The van der Waals surface area contributed by atoms with Crippen LogP contribution in [0.1, 0.15) is 5.56 Å². The number of hydrogen-bond acceptors (Lipinski definition) is 4. The second-order valence-corrected chi connectivity index (χ2v) is 3.94. The van der Waals surface area contributed by atoms with Crippen molar-refractivity contribution >= 4 is 11.6 Å². The normalized spacial score (nSPS) is 9.68. The van der Waals surface area contributed by atoms with Crippen LogP contribution in [0.4, 0.5) is 5.69 Å². The third kappa shape index (κ3) is 4.41. The van der Waals surface area contributed by atoms with Gasteiger partial charge in [0.25, 0.3) is 5.69 Å². The topological polar surface area (TPSA) is 75.5 Å². The second-order valence-electron chi connectivity index (χ2n) is 3.94. The molecule has 1 N–H and O–H groups in total. The molecule has 0 saturated carbocycles. The van der Waals surface area contributed by atoms with Crippen molar-refractivity contribution in [3.63, 3.8) is 0 Å². The molecule has 6 heteroatoms. The highest BCUT2D eigenvalue weighted by Gasteiger charge is 2.16. The summed E-state index contributed by atoms with van der Waals surface area (Å²) < 4.78 is 0. The molecule has 0 atom stereocenters. The number of nitro groups is 1. The molecule has 0 bridgehead atoms. The van der Waals surface area contributed by atoms with Gasteiger partial charge in [0.2, 0.25) is 5.91 Å². The van der Waals surface area contributed by atoms with Crippen LogP contribution in [-0.4, -0.2) is 35.9 Å². The van der Waals surface area contributed by atoms with Gasteiger partial charge in [-0.15, -0.1) is 6.42 Å². The minimum Gasteiger partial charge on any atom is -0.340 e. The van der Waals surface area contributed by atoms with Gasteiger partial charge in [-0.05, 0) is 0 Å². The van der Waals surface area contributed by atoms with E-state index in [1.165, 1.54) is 11.0 Å². The molecule has 0 radical (unpaired) electrons. The van der Waals surface area contributed by atoms with Crippen LogP contribution in [0.2, 0.25) is 0 Å². The molecule has 1 rings (SSSR count). The van der Waals surface area contributed by atoms with Crippen molar-refractivity contribution < 1.29 is 9.72 Å². The fourth-order valence-corrected chi connectivity index (χ4v) is 1.54. The zero-order valence-electron chi connectivity index (χ0n) is 10.6. The molecule has 100 valence electrons. The minimum absolute atomic E-state index is 0.0127. The molecule has 0 aliphatic rings. The number of amides is 1. The minimum atomic E-state index is -0.454. The van der Waals surface area contributed by atoms with Gasteiger partial charge in [-0.1, -0.05) is 24.1 Å². The van der Waals surface area contributed by atoms with E-state index in [2.05, 4.69) is 11.2 Å². The highest BCUT2D eigenvalue weighted by molar-refractivity contribution is 5.78. The molecular weight excluding hydrogens is 246 g/mol. The highest BCUT2D eigenvalue weighted by Crippen LogP contribution is 2.18. The Morgan fingerprint density at radius 1 is 1.53 bits per heavy atom. The molecule has 19 heavy (non-hydrogen) atoms. The van der Waals surface area contributed by atoms with Gasteiger partial charge in [0.15, 0.2) is 0 Å². The van der Waals surface area contributed by atoms with E-state index in [1.54, 1.807) is 25.2 Å². The predicted octanol–water partition coefficient (Wildman–Crippen LogP) is 0.776. The molecule has 0 aliphatic carbocycles. The molecule has 0 fully saturated rings. The van der Waals surface area contributed by atoms with Gasteiger partial charge in [-0.2, -0.15) is 0 Å². The fourth-order valence-electron chi connectivity index (χ4n) is 1.54. The van der Waals surface area contributed by atoms with Gasteiger partial charge in [0.1, 0.15) is 0 Å². The largest absolute Gasteiger partial charge is 0.340 e. The molecule has 0 spiro atoms. The van der Waals surface area contributed by atoms with Crippen molar-refractivity contribution in [2.45, 2.75) is 6.54 Å². The highest BCUT2D eigenvalue weighted by atomic mass is 16.6. The Kier molecular flexibility index (Phi) is 5.51.